The molecule has 0 rings (SSSR count). The van der Waals surface area contributed by atoms with Crippen LogP contribution in [0.4, 0.5) is 0 Å². The fourth-order valence-corrected chi connectivity index (χ4v) is 8.10. The van der Waals surface area contributed by atoms with E-state index in [0.717, 1.165) is 64.2 Å². The van der Waals surface area contributed by atoms with E-state index in [1.807, 2.05) is 0 Å². The lowest BCUT2D eigenvalue weighted by Crippen LogP contribution is -2.40. The van der Waals surface area contributed by atoms with E-state index in [1.165, 1.54) is 180 Å². The fraction of sp³-hybridized carbons (Fsp3) is 0.940. The average molecular weight is 807 g/mol. The van der Waals surface area contributed by atoms with Crippen LogP contribution in [0.25, 0.3) is 0 Å². The first-order valence-corrected chi connectivity index (χ1v) is 25.4. The van der Waals surface area contributed by atoms with Crippen LogP contribution in [-0.4, -0.2) is 41.6 Å². The molecule has 0 heterocycles. The van der Waals surface area contributed by atoms with Gasteiger partial charge in [0.2, 0.25) is 5.91 Å². The molecule has 0 fully saturated rings. The highest BCUT2D eigenvalue weighted by Gasteiger charge is 2.19. The summed E-state index contributed by atoms with van der Waals surface area (Å²) in [5, 5.41) is 12.0. The SMILES string of the molecule is CCCCCCCCCCCCCCCCCCCCCCCCC(=O)OC(CCCCCCCCCCC)CCCCCCCC(=O)NC(CCCN)C(=O)O. The summed E-state index contributed by atoms with van der Waals surface area (Å²) in [4.78, 5) is 36.4. The van der Waals surface area contributed by atoms with Crippen LogP contribution in [0.2, 0.25) is 0 Å². The summed E-state index contributed by atoms with van der Waals surface area (Å²) in [6.07, 6.45) is 50.3. The highest BCUT2D eigenvalue weighted by Crippen LogP contribution is 2.20. The van der Waals surface area contributed by atoms with Crippen molar-refractivity contribution in [3.05, 3.63) is 0 Å². The van der Waals surface area contributed by atoms with E-state index < -0.39 is 12.0 Å². The van der Waals surface area contributed by atoms with E-state index in [1.54, 1.807) is 0 Å². The van der Waals surface area contributed by atoms with Gasteiger partial charge in [-0.15, -0.1) is 0 Å². The molecule has 0 saturated carbocycles. The Morgan fingerprint density at radius 3 is 1.09 bits per heavy atom. The molecule has 0 aliphatic heterocycles. The summed E-state index contributed by atoms with van der Waals surface area (Å²) in [5.41, 5.74) is 5.49. The van der Waals surface area contributed by atoms with Crippen LogP contribution < -0.4 is 11.1 Å². The topological polar surface area (TPSA) is 119 Å². The van der Waals surface area contributed by atoms with Crippen LogP contribution in [0.15, 0.2) is 0 Å². The molecule has 1 amide bonds. The molecule has 0 aromatic rings. The zero-order chi connectivity index (χ0) is 41.7. The molecular weight excluding hydrogens is 709 g/mol. The number of esters is 1. The summed E-state index contributed by atoms with van der Waals surface area (Å²) in [6.45, 7) is 4.97. The number of carbonyl (C=O) groups excluding carboxylic acids is 2. The van der Waals surface area contributed by atoms with Gasteiger partial charge in [-0.3, -0.25) is 9.59 Å². The lowest BCUT2D eigenvalue weighted by Gasteiger charge is -2.18. The average Bonchev–Trinajstić information content (AvgIpc) is 3.20. The quantitative estimate of drug-likeness (QED) is 0.0416. The van der Waals surface area contributed by atoms with Crippen molar-refractivity contribution in [2.24, 2.45) is 5.73 Å². The van der Waals surface area contributed by atoms with Gasteiger partial charge in [0.15, 0.2) is 0 Å². The second-order valence-corrected chi connectivity index (χ2v) is 17.6. The van der Waals surface area contributed by atoms with Gasteiger partial charge in [0.1, 0.15) is 12.1 Å². The number of amides is 1. The van der Waals surface area contributed by atoms with Gasteiger partial charge >= 0.3 is 11.9 Å². The smallest absolute Gasteiger partial charge is 0.326 e. The second kappa shape index (κ2) is 45.5. The number of ether oxygens (including phenoxy) is 1. The molecule has 4 N–H and O–H groups in total. The minimum absolute atomic E-state index is 0.0127. The van der Waals surface area contributed by atoms with Crippen LogP contribution in [0, 0.1) is 0 Å². The molecule has 2 atom stereocenters. The van der Waals surface area contributed by atoms with Gasteiger partial charge in [-0.1, -0.05) is 219 Å². The molecule has 0 aliphatic carbocycles. The molecule has 57 heavy (non-hydrogen) atoms. The number of carbonyl (C=O) groups is 3. The van der Waals surface area contributed by atoms with Crippen molar-refractivity contribution >= 4 is 17.8 Å². The fourth-order valence-electron chi connectivity index (χ4n) is 8.10. The predicted octanol–water partition coefficient (Wildman–Crippen LogP) is 14.9. The molecule has 0 aromatic heterocycles. The minimum atomic E-state index is -1.000. The van der Waals surface area contributed by atoms with Crippen molar-refractivity contribution in [1.82, 2.24) is 5.32 Å². The summed E-state index contributed by atoms with van der Waals surface area (Å²) in [6, 6.07) is -0.852. The first-order valence-electron chi connectivity index (χ1n) is 25.4. The maximum absolute atomic E-state index is 12.8. The van der Waals surface area contributed by atoms with Crippen LogP contribution in [0.1, 0.15) is 284 Å². The predicted molar refractivity (Wildman–Crippen MR) is 244 cm³/mol. The van der Waals surface area contributed by atoms with Crippen molar-refractivity contribution in [3.8, 4) is 0 Å². The largest absolute Gasteiger partial charge is 0.480 e. The van der Waals surface area contributed by atoms with Gasteiger partial charge in [-0.2, -0.15) is 0 Å². The van der Waals surface area contributed by atoms with Crippen LogP contribution >= 0.6 is 0 Å². The zero-order valence-electron chi connectivity index (χ0n) is 38.2. The monoisotopic (exact) mass is 807 g/mol. The number of carboxylic acids is 1. The molecule has 0 aliphatic rings. The molecule has 0 aromatic carbocycles. The molecule has 2 unspecified atom stereocenters. The maximum Gasteiger partial charge on any atom is 0.326 e. The minimum Gasteiger partial charge on any atom is -0.480 e. The Balaban J connectivity index is 4.05. The van der Waals surface area contributed by atoms with Gasteiger partial charge < -0.3 is 20.9 Å². The lowest BCUT2D eigenvalue weighted by molar-refractivity contribution is -0.150. The van der Waals surface area contributed by atoms with E-state index in [-0.39, 0.29) is 18.0 Å². The van der Waals surface area contributed by atoms with E-state index in [9.17, 15) is 19.5 Å². The third-order valence-electron chi connectivity index (χ3n) is 11.9. The molecule has 7 heteroatoms. The number of hydrogen-bond donors (Lipinski definition) is 3. The Morgan fingerprint density at radius 1 is 0.439 bits per heavy atom. The highest BCUT2D eigenvalue weighted by atomic mass is 16.5. The zero-order valence-corrected chi connectivity index (χ0v) is 38.2. The van der Waals surface area contributed by atoms with Gasteiger partial charge in [0.25, 0.3) is 0 Å². The van der Waals surface area contributed by atoms with Gasteiger partial charge in [-0.05, 0) is 57.9 Å². The second-order valence-electron chi connectivity index (χ2n) is 17.6. The van der Waals surface area contributed by atoms with E-state index >= 15 is 0 Å². The number of nitrogens with one attached hydrogen (secondary N) is 1. The van der Waals surface area contributed by atoms with E-state index in [0.29, 0.717) is 32.2 Å². The Bertz CT molecular complexity index is 868. The standard InChI is InChI=1S/C50H98N2O5/c1-3-5-7-9-11-13-14-15-16-17-18-19-20-21-22-23-24-25-27-29-34-38-44-49(54)57-46(40-35-31-28-26-12-10-8-6-4-2)41-36-32-30-33-37-43-48(53)52-47(50(55)56)42-39-45-51/h46-47H,3-45,51H2,1-2H3,(H,52,53)(H,55,56). The Hall–Kier alpha value is -1.63. The molecule has 0 spiro atoms. The normalized spacial score (nSPS) is 12.5. The summed E-state index contributed by atoms with van der Waals surface area (Å²) >= 11 is 0. The van der Waals surface area contributed by atoms with Crippen molar-refractivity contribution in [2.75, 3.05) is 6.54 Å². The van der Waals surface area contributed by atoms with E-state index in [2.05, 4.69) is 19.2 Å². The molecule has 7 nitrogen and oxygen atoms in total. The first-order chi connectivity index (χ1) is 27.9. The number of rotatable bonds is 47. The number of aliphatic carboxylic acids is 1. The third kappa shape index (κ3) is 42.3. The third-order valence-corrected chi connectivity index (χ3v) is 11.9. The first kappa shape index (κ1) is 55.4. The number of hydrogen-bond acceptors (Lipinski definition) is 5. The molecule has 0 saturated heterocycles. The van der Waals surface area contributed by atoms with Crippen molar-refractivity contribution in [3.63, 3.8) is 0 Å². The molecule has 0 bridgehead atoms. The van der Waals surface area contributed by atoms with Crippen LogP contribution in [-0.2, 0) is 19.1 Å². The van der Waals surface area contributed by atoms with Crippen molar-refractivity contribution < 1.29 is 24.2 Å². The Labute approximate surface area is 354 Å². The summed E-state index contributed by atoms with van der Waals surface area (Å²) < 4.78 is 6.07. The van der Waals surface area contributed by atoms with E-state index in [4.69, 9.17) is 10.5 Å². The molecule has 0 radical (unpaired) electrons. The van der Waals surface area contributed by atoms with Crippen molar-refractivity contribution in [1.29, 1.82) is 0 Å². The summed E-state index contributed by atoms with van der Waals surface area (Å²) in [5.74, 6) is -1.21. The highest BCUT2D eigenvalue weighted by molar-refractivity contribution is 5.83. The summed E-state index contributed by atoms with van der Waals surface area (Å²) in [7, 11) is 0. The van der Waals surface area contributed by atoms with Crippen LogP contribution in [0.5, 0.6) is 0 Å². The molecule has 338 valence electrons. The number of unbranched alkanes of at least 4 members (excludes halogenated alkanes) is 33. The van der Waals surface area contributed by atoms with Gasteiger partial charge in [0.05, 0.1) is 0 Å². The Morgan fingerprint density at radius 2 is 0.754 bits per heavy atom. The van der Waals surface area contributed by atoms with Crippen molar-refractivity contribution in [2.45, 2.75) is 296 Å². The lowest BCUT2D eigenvalue weighted by atomic mass is 10.0. The van der Waals surface area contributed by atoms with Crippen LogP contribution in [0.3, 0.4) is 0 Å². The number of nitrogens with two attached hydrogens (primary N) is 1. The van der Waals surface area contributed by atoms with Gasteiger partial charge in [0, 0.05) is 12.8 Å². The number of carboxylic acid groups (broad SMARTS) is 1. The maximum atomic E-state index is 12.8. The Kier molecular flexibility index (Phi) is 44.2. The van der Waals surface area contributed by atoms with Gasteiger partial charge in [-0.25, -0.2) is 4.79 Å². The molecular formula is C50H98N2O5.